The Morgan fingerprint density at radius 3 is 2.52 bits per heavy atom. The van der Waals surface area contributed by atoms with Crippen LogP contribution in [0.3, 0.4) is 0 Å². The highest BCUT2D eigenvalue weighted by Crippen LogP contribution is 2.28. The van der Waals surface area contributed by atoms with Crippen molar-refractivity contribution in [1.82, 2.24) is 0 Å². The van der Waals surface area contributed by atoms with Crippen molar-refractivity contribution in [2.45, 2.75) is 13.5 Å². The van der Waals surface area contributed by atoms with Gasteiger partial charge in [-0.2, -0.15) is 0 Å². The molecule has 4 nitrogen and oxygen atoms in total. The van der Waals surface area contributed by atoms with Gasteiger partial charge < -0.3 is 15.4 Å². The van der Waals surface area contributed by atoms with Crippen LogP contribution in [0, 0.1) is 0 Å². The zero-order valence-electron chi connectivity index (χ0n) is 12.4. The third kappa shape index (κ3) is 3.54. The van der Waals surface area contributed by atoms with Gasteiger partial charge in [-0.05, 0) is 24.6 Å². The molecule has 0 saturated carbocycles. The second-order valence-corrected chi connectivity index (χ2v) is 4.81. The molecule has 0 aromatic heterocycles. The van der Waals surface area contributed by atoms with Gasteiger partial charge in [0, 0.05) is 13.6 Å². The second-order valence-electron chi connectivity index (χ2n) is 4.81. The lowest BCUT2D eigenvalue weighted by Crippen LogP contribution is -2.21. The van der Waals surface area contributed by atoms with E-state index in [2.05, 4.69) is 0 Å². The molecule has 0 amide bonds. The lowest BCUT2D eigenvalue weighted by molar-refractivity contribution is 0.0527. The lowest BCUT2D eigenvalue weighted by Gasteiger charge is -2.23. The summed E-state index contributed by atoms with van der Waals surface area (Å²) in [5.41, 5.74) is 8.98. The Morgan fingerprint density at radius 1 is 1.14 bits per heavy atom. The summed E-state index contributed by atoms with van der Waals surface area (Å²) < 4.78 is 5.10. The van der Waals surface area contributed by atoms with Crippen LogP contribution in [0.5, 0.6) is 0 Å². The van der Waals surface area contributed by atoms with E-state index < -0.39 is 0 Å². The maximum atomic E-state index is 12.1. The zero-order valence-corrected chi connectivity index (χ0v) is 12.4. The number of benzene rings is 2. The van der Waals surface area contributed by atoms with Gasteiger partial charge in [0.15, 0.2) is 0 Å². The minimum absolute atomic E-state index is 0.343. The molecule has 4 heteroatoms. The highest BCUT2D eigenvalue weighted by Gasteiger charge is 2.18. The average molecular weight is 284 g/mol. The smallest absolute Gasteiger partial charge is 0.340 e. The summed E-state index contributed by atoms with van der Waals surface area (Å²) in [7, 11) is 1.92. The molecule has 2 aromatic carbocycles. The van der Waals surface area contributed by atoms with E-state index in [9.17, 15) is 4.79 Å². The van der Waals surface area contributed by atoms with E-state index in [1.165, 1.54) is 0 Å². The third-order valence-corrected chi connectivity index (χ3v) is 3.21. The number of carbonyl (C=O) groups is 1. The predicted octanol–water partition coefficient (Wildman–Crippen LogP) is 3.08. The SMILES string of the molecule is CCOC(=O)c1cccc(N)c1N(C)Cc1ccccc1. The molecular weight excluding hydrogens is 264 g/mol. The molecule has 0 spiro atoms. The molecule has 0 fully saturated rings. The largest absolute Gasteiger partial charge is 0.462 e. The Labute approximate surface area is 125 Å². The molecule has 0 saturated heterocycles. The molecule has 110 valence electrons. The molecule has 2 N–H and O–H groups in total. The van der Waals surface area contributed by atoms with E-state index in [4.69, 9.17) is 10.5 Å². The number of hydrogen-bond donors (Lipinski definition) is 1. The standard InChI is InChI=1S/C17H20N2O2/c1-3-21-17(20)14-10-7-11-15(18)16(14)19(2)12-13-8-5-4-6-9-13/h4-11H,3,12,18H2,1-2H3. The van der Waals surface area contributed by atoms with Crippen molar-refractivity contribution in [3.8, 4) is 0 Å². The quantitative estimate of drug-likeness (QED) is 0.677. The highest BCUT2D eigenvalue weighted by molar-refractivity contribution is 5.99. The van der Waals surface area contributed by atoms with Gasteiger partial charge in [-0.15, -0.1) is 0 Å². The van der Waals surface area contributed by atoms with Crippen LogP contribution < -0.4 is 10.6 Å². The number of anilines is 2. The van der Waals surface area contributed by atoms with Crippen molar-refractivity contribution in [3.05, 3.63) is 59.7 Å². The maximum Gasteiger partial charge on any atom is 0.340 e. The molecule has 2 rings (SSSR count). The first-order valence-corrected chi connectivity index (χ1v) is 6.94. The molecule has 0 radical (unpaired) electrons. The molecule has 0 bridgehead atoms. The van der Waals surface area contributed by atoms with Crippen LogP contribution >= 0.6 is 0 Å². The van der Waals surface area contributed by atoms with Crippen LogP contribution in [0.4, 0.5) is 11.4 Å². The first-order chi connectivity index (χ1) is 10.1. The first-order valence-electron chi connectivity index (χ1n) is 6.94. The topological polar surface area (TPSA) is 55.6 Å². The number of nitrogens with zero attached hydrogens (tertiary/aromatic N) is 1. The minimum Gasteiger partial charge on any atom is -0.462 e. The van der Waals surface area contributed by atoms with Crippen LogP contribution in [0.25, 0.3) is 0 Å². The normalized spacial score (nSPS) is 10.2. The fraction of sp³-hybridized carbons (Fsp3) is 0.235. The van der Waals surface area contributed by atoms with Crippen molar-refractivity contribution >= 4 is 17.3 Å². The highest BCUT2D eigenvalue weighted by atomic mass is 16.5. The van der Waals surface area contributed by atoms with Crippen LogP contribution in [0.1, 0.15) is 22.8 Å². The van der Waals surface area contributed by atoms with Crippen molar-refractivity contribution in [3.63, 3.8) is 0 Å². The van der Waals surface area contributed by atoms with Crippen molar-refractivity contribution in [2.75, 3.05) is 24.3 Å². The fourth-order valence-corrected chi connectivity index (χ4v) is 2.30. The molecule has 0 aliphatic carbocycles. The van der Waals surface area contributed by atoms with Crippen LogP contribution in [0.15, 0.2) is 48.5 Å². The first kappa shape index (κ1) is 14.9. The van der Waals surface area contributed by atoms with E-state index in [0.717, 1.165) is 5.56 Å². The number of rotatable bonds is 5. The van der Waals surface area contributed by atoms with E-state index in [1.807, 2.05) is 42.3 Å². The van der Waals surface area contributed by atoms with Gasteiger partial charge in [0.1, 0.15) is 0 Å². The van der Waals surface area contributed by atoms with Crippen molar-refractivity contribution in [2.24, 2.45) is 0 Å². The number of hydrogen-bond acceptors (Lipinski definition) is 4. The van der Waals surface area contributed by atoms with E-state index in [-0.39, 0.29) is 5.97 Å². The van der Waals surface area contributed by atoms with Gasteiger partial charge in [0.2, 0.25) is 0 Å². The summed E-state index contributed by atoms with van der Waals surface area (Å²) in [5, 5.41) is 0. The summed E-state index contributed by atoms with van der Waals surface area (Å²) in [5.74, 6) is -0.347. The monoisotopic (exact) mass is 284 g/mol. The average Bonchev–Trinajstić information content (AvgIpc) is 2.48. The second kappa shape index (κ2) is 6.79. The van der Waals surface area contributed by atoms with Crippen LogP contribution in [-0.2, 0) is 11.3 Å². The zero-order chi connectivity index (χ0) is 15.2. The molecule has 0 heterocycles. The summed E-state index contributed by atoms with van der Waals surface area (Å²) in [4.78, 5) is 14.0. The summed E-state index contributed by atoms with van der Waals surface area (Å²) >= 11 is 0. The van der Waals surface area contributed by atoms with Crippen LogP contribution in [0.2, 0.25) is 0 Å². The molecular formula is C17H20N2O2. The molecule has 21 heavy (non-hydrogen) atoms. The lowest BCUT2D eigenvalue weighted by atomic mass is 10.1. The summed E-state index contributed by atoms with van der Waals surface area (Å²) in [6.07, 6.45) is 0. The number of esters is 1. The Bertz CT molecular complexity index is 611. The third-order valence-electron chi connectivity index (χ3n) is 3.21. The van der Waals surface area contributed by atoms with Crippen molar-refractivity contribution in [1.29, 1.82) is 0 Å². The number of nitrogen functional groups attached to an aromatic ring is 1. The predicted molar refractivity (Wildman–Crippen MR) is 85.4 cm³/mol. The van der Waals surface area contributed by atoms with Gasteiger partial charge in [-0.3, -0.25) is 0 Å². The van der Waals surface area contributed by atoms with Gasteiger partial charge in [-0.1, -0.05) is 36.4 Å². The molecule has 0 aliphatic rings. The van der Waals surface area contributed by atoms with Crippen molar-refractivity contribution < 1.29 is 9.53 Å². The number of nitrogens with two attached hydrogens (primary N) is 1. The Morgan fingerprint density at radius 2 is 1.86 bits per heavy atom. The fourth-order valence-electron chi connectivity index (χ4n) is 2.30. The van der Waals surface area contributed by atoms with Crippen LogP contribution in [-0.4, -0.2) is 19.6 Å². The van der Waals surface area contributed by atoms with E-state index in [1.54, 1.807) is 25.1 Å². The number of para-hydroxylation sites is 1. The maximum absolute atomic E-state index is 12.1. The number of ether oxygens (including phenoxy) is 1. The minimum atomic E-state index is -0.347. The number of carbonyl (C=O) groups excluding carboxylic acids is 1. The van der Waals surface area contributed by atoms with E-state index >= 15 is 0 Å². The Balaban J connectivity index is 2.31. The summed E-state index contributed by atoms with van der Waals surface area (Å²) in [6.45, 7) is 2.80. The Kier molecular flexibility index (Phi) is 4.82. The molecule has 0 atom stereocenters. The molecule has 0 unspecified atom stereocenters. The van der Waals surface area contributed by atoms with Gasteiger partial charge in [0.25, 0.3) is 0 Å². The van der Waals surface area contributed by atoms with E-state index in [0.29, 0.717) is 30.1 Å². The Hall–Kier alpha value is -2.49. The van der Waals surface area contributed by atoms with Gasteiger partial charge >= 0.3 is 5.97 Å². The summed E-state index contributed by atoms with van der Waals surface area (Å²) in [6, 6.07) is 15.3. The molecule has 2 aromatic rings. The van der Waals surface area contributed by atoms with Gasteiger partial charge in [-0.25, -0.2) is 4.79 Å². The molecule has 0 aliphatic heterocycles. The van der Waals surface area contributed by atoms with Gasteiger partial charge in [0.05, 0.1) is 23.5 Å².